The zero-order chi connectivity index (χ0) is 8.67. The molecule has 0 saturated carbocycles. The molecule has 0 bridgehead atoms. The number of hydrogen-bond donors (Lipinski definition) is 0. The summed E-state index contributed by atoms with van der Waals surface area (Å²) in [5.74, 6) is 0. The molecule has 0 aromatic heterocycles. The molecule has 0 aliphatic carbocycles. The third-order valence-corrected chi connectivity index (χ3v) is 2.95. The predicted octanol–water partition coefficient (Wildman–Crippen LogP) is 1.80. The summed E-state index contributed by atoms with van der Waals surface area (Å²) in [5, 5.41) is 0. The molecule has 2 heteroatoms. The van der Waals surface area contributed by atoms with E-state index >= 15 is 0 Å². The minimum absolute atomic E-state index is 0.356. The highest BCUT2D eigenvalue weighted by Crippen LogP contribution is 2.32. The number of hydrogen-bond acceptors (Lipinski definition) is 2. The van der Waals surface area contributed by atoms with Gasteiger partial charge in [0, 0.05) is 12.2 Å². The summed E-state index contributed by atoms with van der Waals surface area (Å²) in [6, 6.07) is 8.66. The van der Waals surface area contributed by atoms with E-state index in [0.29, 0.717) is 6.23 Å². The van der Waals surface area contributed by atoms with Crippen LogP contribution in [-0.4, -0.2) is 19.4 Å². The van der Waals surface area contributed by atoms with Crippen LogP contribution in [0.3, 0.4) is 0 Å². The van der Waals surface area contributed by atoms with Gasteiger partial charge in [-0.15, -0.1) is 0 Å². The van der Waals surface area contributed by atoms with Gasteiger partial charge >= 0.3 is 0 Å². The maximum atomic E-state index is 5.64. The third-order valence-electron chi connectivity index (χ3n) is 2.95. The van der Waals surface area contributed by atoms with Gasteiger partial charge in [-0.1, -0.05) is 18.2 Å². The fourth-order valence-electron chi connectivity index (χ4n) is 2.32. The molecule has 0 radical (unpaired) electrons. The van der Waals surface area contributed by atoms with Crippen molar-refractivity contribution in [2.75, 3.05) is 18.1 Å². The quantitative estimate of drug-likeness (QED) is 0.596. The van der Waals surface area contributed by atoms with E-state index in [2.05, 4.69) is 29.2 Å². The van der Waals surface area contributed by atoms with E-state index in [1.54, 1.807) is 0 Å². The number of para-hydroxylation sites is 1. The molecule has 13 heavy (non-hydrogen) atoms. The molecule has 1 fully saturated rings. The Morgan fingerprint density at radius 1 is 1.31 bits per heavy atom. The average Bonchev–Trinajstić information content (AvgIpc) is 2.65. The van der Waals surface area contributed by atoms with Gasteiger partial charge in [0.05, 0.1) is 6.61 Å². The van der Waals surface area contributed by atoms with E-state index in [1.807, 2.05) is 0 Å². The molecule has 3 rings (SSSR count). The van der Waals surface area contributed by atoms with Gasteiger partial charge in [-0.25, -0.2) is 0 Å². The zero-order valence-corrected chi connectivity index (χ0v) is 7.57. The molecule has 2 nitrogen and oxygen atoms in total. The number of aryl methyl sites for hydroxylation is 1. The van der Waals surface area contributed by atoms with Gasteiger partial charge in [-0.2, -0.15) is 0 Å². The summed E-state index contributed by atoms with van der Waals surface area (Å²) in [6.45, 7) is 1.95. The summed E-state index contributed by atoms with van der Waals surface area (Å²) in [7, 11) is 0. The van der Waals surface area contributed by atoms with Crippen molar-refractivity contribution in [3.05, 3.63) is 29.8 Å². The molecule has 1 atom stereocenters. The van der Waals surface area contributed by atoms with E-state index in [4.69, 9.17) is 4.74 Å². The molecular formula is C11H13NO. The molecule has 68 valence electrons. The lowest BCUT2D eigenvalue weighted by Crippen LogP contribution is -2.34. The maximum absolute atomic E-state index is 5.64. The minimum atomic E-state index is 0.356. The average molecular weight is 175 g/mol. The summed E-state index contributed by atoms with van der Waals surface area (Å²) in [4.78, 5) is 2.39. The molecule has 2 aliphatic rings. The number of rotatable bonds is 0. The van der Waals surface area contributed by atoms with Crippen molar-refractivity contribution < 1.29 is 4.74 Å². The standard InChI is InChI=1S/C11H13NO/c1-2-4-10-9(3-1)5-6-11-12(10)7-8-13-11/h1-4,11H,5-8H2. The van der Waals surface area contributed by atoms with Crippen molar-refractivity contribution in [3.63, 3.8) is 0 Å². The van der Waals surface area contributed by atoms with Crippen LogP contribution in [0.25, 0.3) is 0 Å². The first-order chi connectivity index (χ1) is 6.45. The lowest BCUT2D eigenvalue weighted by Gasteiger charge is -2.31. The van der Waals surface area contributed by atoms with Gasteiger partial charge in [-0.05, 0) is 24.5 Å². The summed E-state index contributed by atoms with van der Waals surface area (Å²) < 4.78 is 5.64. The Balaban J connectivity index is 2.06. The molecule has 1 aromatic carbocycles. The minimum Gasteiger partial charge on any atom is -0.357 e. The molecule has 1 unspecified atom stereocenters. The monoisotopic (exact) mass is 175 g/mol. The van der Waals surface area contributed by atoms with E-state index in [0.717, 1.165) is 26.0 Å². The molecule has 2 aliphatic heterocycles. The topological polar surface area (TPSA) is 12.5 Å². The van der Waals surface area contributed by atoms with Gasteiger partial charge in [0.15, 0.2) is 0 Å². The number of ether oxygens (including phenoxy) is 1. The summed E-state index contributed by atoms with van der Waals surface area (Å²) >= 11 is 0. The van der Waals surface area contributed by atoms with Crippen molar-refractivity contribution in [3.8, 4) is 0 Å². The Morgan fingerprint density at radius 2 is 2.23 bits per heavy atom. The van der Waals surface area contributed by atoms with Crippen molar-refractivity contribution in [1.29, 1.82) is 0 Å². The van der Waals surface area contributed by atoms with Crippen LogP contribution in [0.15, 0.2) is 24.3 Å². The molecule has 1 aromatic rings. The Labute approximate surface area is 78.1 Å². The first-order valence-corrected chi connectivity index (χ1v) is 4.91. The van der Waals surface area contributed by atoms with Crippen LogP contribution in [0.5, 0.6) is 0 Å². The van der Waals surface area contributed by atoms with Gasteiger partial charge in [-0.3, -0.25) is 0 Å². The number of fused-ring (bicyclic) bond motifs is 3. The van der Waals surface area contributed by atoms with Crippen molar-refractivity contribution in [1.82, 2.24) is 0 Å². The second-order valence-electron chi connectivity index (χ2n) is 3.69. The van der Waals surface area contributed by atoms with Crippen molar-refractivity contribution >= 4 is 5.69 Å². The highest BCUT2D eigenvalue weighted by Gasteiger charge is 2.30. The van der Waals surface area contributed by atoms with E-state index in [1.165, 1.54) is 11.3 Å². The van der Waals surface area contributed by atoms with Gasteiger partial charge in [0.1, 0.15) is 6.23 Å². The highest BCUT2D eigenvalue weighted by atomic mass is 16.5. The normalized spacial score (nSPS) is 25.5. The van der Waals surface area contributed by atoms with Crippen molar-refractivity contribution in [2.24, 2.45) is 0 Å². The van der Waals surface area contributed by atoms with Gasteiger partial charge in [0.25, 0.3) is 0 Å². The van der Waals surface area contributed by atoms with E-state index < -0.39 is 0 Å². The van der Waals surface area contributed by atoms with Crippen LogP contribution < -0.4 is 4.90 Å². The Bertz CT molecular complexity index is 324. The first-order valence-electron chi connectivity index (χ1n) is 4.91. The number of nitrogens with zero attached hydrogens (tertiary/aromatic N) is 1. The van der Waals surface area contributed by atoms with Gasteiger partial charge < -0.3 is 9.64 Å². The zero-order valence-electron chi connectivity index (χ0n) is 7.57. The van der Waals surface area contributed by atoms with E-state index in [9.17, 15) is 0 Å². The highest BCUT2D eigenvalue weighted by molar-refractivity contribution is 5.56. The Kier molecular flexibility index (Phi) is 1.56. The number of benzene rings is 1. The largest absolute Gasteiger partial charge is 0.357 e. The molecule has 0 spiro atoms. The first kappa shape index (κ1) is 7.39. The number of anilines is 1. The Hall–Kier alpha value is -1.02. The van der Waals surface area contributed by atoms with E-state index in [-0.39, 0.29) is 0 Å². The lowest BCUT2D eigenvalue weighted by atomic mass is 10.0. The second kappa shape index (κ2) is 2.74. The van der Waals surface area contributed by atoms with Crippen LogP contribution in [0, 0.1) is 0 Å². The SMILES string of the molecule is c1ccc2c(c1)CCC1OCCN21. The summed E-state index contributed by atoms with van der Waals surface area (Å²) in [6.07, 6.45) is 2.67. The van der Waals surface area contributed by atoms with Crippen LogP contribution >= 0.6 is 0 Å². The summed E-state index contributed by atoms with van der Waals surface area (Å²) in [5.41, 5.74) is 2.86. The fraction of sp³-hybridized carbons (Fsp3) is 0.455. The Morgan fingerprint density at radius 3 is 3.23 bits per heavy atom. The maximum Gasteiger partial charge on any atom is 0.130 e. The smallest absolute Gasteiger partial charge is 0.130 e. The van der Waals surface area contributed by atoms with Gasteiger partial charge in [0.2, 0.25) is 0 Å². The third kappa shape index (κ3) is 1.05. The second-order valence-corrected chi connectivity index (χ2v) is 3.69. The fourth-order valence-corrected chi connectivity index (χ4v) is 2.32. The van der Waals surface area contributed by atoms with Crippen LogP contribution in [0.2, 0.25) is 0 Å². The molecule has 2 heterocycles. The molecule has 0 N–H and O–H groups in total. The van der Waals surface area contributed by atoms with Crippen LogP contribution in [0.1, 0.15) is 12.0 Å². The molecule has 0 amide bonds. The van der Waals surface area contributed by atoms with Crippen LogP contribution in [0.4, 0.5) is 5.69 Å². The predicted molar refractivity (Wildman–Crippen MR) is 51.8 cm³/mol. The lowest BCUT2D eigenvalue weighted by molar-refractivity contribution is 0.103. The molecule has 1 saturated heterocycles. The van der Waals surface area contributed by atoms with Crippen LogP contribution in [-0.2, 0) is 11.2 Å². The molecular weight excluding hydrogens is 162 g/mol. The van der Waals surface area contributed by atoms with Crippen molar-refractivity contribution in [2.45, 2.75) is 19.1 Å².